The van der Waals surface area contributed by atoms with E-state index in [1.165, 1.54) is 19.3 Å². The normalized spacial score (nSPS) is 26.1. The Morgan fingerprint density at radius 2 is 2.35 bits per heavy atom. The number of rotatable bonds is 5. The molecule has 0 bridgehead atoms. The van der Waals surface area contributed by atoms with Crippen LogP contribution in [0.2, 0.25) is 0 Å². The van der Waals surface area contributed by atoms with Crippen molar-refractivity contribution >= 4 is 5.91 Å². The van der Waals surface area contributed by atoms with Crippen molar-refractivity contribution in [1.29, 1.82) is 0 Å². The molecule has 1 amide bonds. The summed E-state index contributed by atoms with van der Waals surface area (Å²) in [5.41, 5.74) is 0.530. The summed E-state index contributed by atoms with van der Waals surface area (Å²) in [5, 5.41) is 10.8. The molecule has 23 heavy (non-hydrogen) atoms. The number of nitrogens with zero attached hydrogens (tertiary/aromatic N) is 3. The molecular weight excluding hydrogens is 290 g/mol. The molecule has 6 nitrogen and oxygen atoms in total. The lowest BCUT2D eigenvalue weighted by Gasteiger charge is -2.30. The van der Waals surface area contributed by atoms with Gasteiger partial charge in [-0.15, -0.1) is 0 Å². The van der Waals surface area contributed by atoms with Crippen LogP contribution in [0.1, 0.15) is 49.1 Å². The summed E-state index contributed by atoms with van der Waals surface area (Å²) in [6.07, 6.45) is 6.83. The molecule has 2 unspecified atom stereocenters. The van der Waals surface area contributed by atoms with E-state index in [1.807, 2.05) is 16.9 Å². The number of hydrogen-bond acceptors (Lipinski definition) is 4. The van der Waals surface area contributed by atoms with Gasteiger partial charge in [-0.2, -0.15) is 5.10 Å². The third-order valence-corrected chi connectivity index (χ3v) is 4.94. The number of carbonyl (C=O) groups excluding carboxylic acids is 1. The number of aromatic nitrogens is 2. The number of carbonyl (C=O) groups is 1. The van der Waals surface area contributed by atoms with E-state index in [1.54, 1.807) is 0 Å². The SMILES string of the molecule is CC1CCCN(CCNC(=O)c2ccn(C3CCCNC3)n2)C1. The van der Waals surface area contributed by atoms with Gasteiger partial charge in [-0.3, -0.25) is 9.48 Å². The third-order valence-electron chi connectivity index (χ3n) is 4.94. The largest absolute Gasteiger partial charge is 0.349 e. The van der Waals surface area contributed by atoms with Crippen LogP contribution in [0.25, 0.3) is 0 Å². The Hall–Kier alpha value is -1.40. The second kappa shape index (κ2) is 7.93. The first-order valence-electron chi connectivity index (χ1n) is 8.99. The van der Waals surface area contributed by atoms with Crippen LogP contribution in [0.5, 0.6) is 0 Å². The van der Waals surface area contributed by atoms with E-state index in [4.69, 9.17) is 0 Å². The highest BCUT2D eigenvalue weighted by molar-refractivity contribution is 5.92. The topological polar surface area (TPSA) is 62.2 Å². The predicted molar refractivity (Wildman–Crippen MR) is 90.5 cm³/mol. The summed E-state index contributed by atoms with van der Waals surface area (Å²) >= 11 is 0. The van der Waals surface area contributed by atoms with Gasteiger partial charge in [0.25, 0.3) is 5.91 Å². The number of nitrogens with one attached hydrogen (secondary N) is 2. The number of hydrogen-bond donors (Lipinski definition) is 2. The molecule has 0 spiro atoms. The van der Waals surface area contributed by atoms with E-state index in [2.05, 4.69) is 27.6 Å². The van der Waals surface area contributed by atoms with Crippen molar-refractivity contribution in [2.45, 2.75) is 38.6 Å². The first-order valence-corrected chi connectivity index (χ1v) is 8.99. The Kier molecular flexibility index (Phi) is 5.67. The Labute approximate surface area is 138 Å². The lowest BCUT2D eigenvalue weighted by molar-refractivity contribution is 0.0937. The third kappa shape index (κ3) is 4.54. The molecule has 2 N–H and O–H groups in total. The maximum absolute atomic E-state index is 12.2. The number of piperidine rings is 2. The van der Waals surface area contributed by atoms with Crippen LogP contribution in [-0.2, 0) is 0 Å². The van der Waals surface area contributed by atoms with Gasteiger partial charge in [0, 0.05) is 32.4 Å². The van der Waals surface area contributed by atoms with Gasteiger partial charge in [0.2, 0.25) is 0 Å². The number of amides is 1. The fourth-order valence-corrected chi connectivity index (χ4v) is 3.63. The Bertz CT molecular complexity index is 509. The standard InChI is InChI=1S/C17H29N5O/c1-14-4-3-9-21(13-14)11-8-19-17(23)16-6-10-22(20-16)15-5-2-7-18-12-15/h6,10,14-15,18H,2-5,7-9,11-13H2,1H3,(H,19,23). The highest BCUT2D eigenvalue weighted by Gasteiger charge is 2.18. The lowest BCUT2D eigenvalue weighted by atomic mass is 10.0. The monoisotopic (exact) mass is 319 g/mol. The molecular formula is C17H29N5O. The summed E-state index contributed by atoms with van der Waals surface area (Å²) in [5.74, 6) is 0.719. The van der Waals surface area contributed by atoms with Crippen molar-refractivity contribution in [3.8, 4) is 0 Å². The molecule has 0 radical (unpaired) electrons. The molecule has 2 atom stereocenters. The molecule has 0 aliphatic carbocycles. The van der Waals surface area contributed by atoms with Crippen LogP contribution in [0, 0.1) is 5.92 Å². The fraction of sp³-hybridized carbons (Fsp3) is 0.765. The van der Waals surface area contributed by atoms with Gasteiger partial charge in [0.15, 0.2) is 0 Å². The van der Waals surface area contributed by atoms with E-state index in [0.29, 0.717) is 18.3 Å². The quantitative estimate of drug-likeness (QED) is 0.858. The van der Waals surface area contributed by atoms with Gasteiger partial charge in [-0.05, 0) is 50.8 Å². The Morgan fingerprint density at radius 3 is 3.13 bits per heavy atom. The average molecular weight is 319 g/mol. The summed E-state index contributed by atoms with van der Waals surface area (Å²) < 4.78 is 1.94. The molecule has 2 aliphatic heterocycles. The van der Waals surface area contributed by atoms with Crippen LogP contribution < -0.4 is 10.6 Å². The Morgan fingerprint density at radius 1 is 1.43 bits per heavy atom. The van der Waals surface area contributed by atoms with E-state index in [9.17, 15) is 4.79 Å². The van der Waals surface area contributed by atoms with E-state index in [-0.39, 0.29) is 5.91 Å². The summed E-state index contributed by atoms with van der Waals surface area (Å²) in [6, 6.07) is 2.20. The van der Waals surface area contributed by atoms with Crippen molar-refractivity contribution in [3.05, 3.63) is 18.0 Å². The fourth-order valence-electron chi connectivity index (χ4n) is 3.63. The lowest BCUT2D eigenvalue weighted by Crippen LogP contribution is -2.40. The summed E-state index contributed by atoms with van der Waals surface area (Å²) in [6.45, 7) is 8.27. The summed E-state index contributed by atoms with van der Waals surface area (Å²) in [4.78, 5) is 14.7. The van der Waals surface area contributed by atoms with Gasteiger partial charge in [-0.1, -0.05) is 6.92 Å². The van der Waals surface area contributed by atoms with E-state index < -0.39 is 0 Å². The molecule has 2 aliphatic rings. The zero-order valence-corrected chi connectivity index (χ0v) is 14.1. The van der Waals surface area contributed by atoms with Gasteiger partial charge < -0.3 is 15.5 Å². The Balaban J connectivity index is 1.44. The van der Waals surface area contributed by atoms with Gasteiger partial charge >= 0.3 is 0 Å². The van der Waals surface area contributed by atoms with Crippen molar-refractivity contribution in [2.75, 3.05) is 39.3 Å². The predicted octanol–water partition coefficient (Wildman–Crippen LogP) is 1.27. The molecule has 6 heteroatoms. The maximum atomic E-state index is 12.2. The molecule has 2 fully saturated rings. The average Bonchev–Trinajstić information content (AvgIpc) is 3.06. The van der Waals surface area contributed by atoms with E-state index >= 15 is 0 Å². The molecule has 1 aromatic rings. The molecule has 3 heterocycles. The minimum absolute atomic E-state index is 0.0578. The second-order valence-electron chi connectivity index (χ2n) is 6.99. The summed E-state index contributed by atoms with van der Waals surface area (Å²) in [7, 11) is 0. The van der Waals surface area contributed by atoms with Crippen LogP contribution >= 0.6 is 0 Å². The van der Waals surface area contributed by atoms with Gasteiger partial charge in [-0.25, -0.2) is 0 Å². The van der Waals surface area contributed by atoms with Crippen LogP contribution in [-0.4, -0.2) is 59.9 Å². The molecule has 0 saturated carbocycles. The molecule has 3 rings (SSSR count). The van der Waals surface area contributed by atoms with Crippen molar-refractivity contribution in [3.63, 3.8) is 0 Å². The van der Waals surface area contributed by atoms with Crippen molar-refractivity contribution < 1.29 is 4.79 Å². The van der Waals surface area contributed by atoms with Crippen molar-refractivity contribution in [2.24, 2.45) is 5.92 Å². The molecule has 2 saturated heterocycles. The van der Waals surface area contributed by atoms with Gasteiger partial charge in [0.1, 0.15) is 5.69 Å². The minimum atomic E-state index is -0.0578. The highest BCUT2D eigenvalue weighted by Crippen LogP contribution is 2.16. The first-order chi connectivity index (χ1) is 11.2. The molecule has 0 aromatic carbocycles. The zero-order valence-electron chi connectivity index (χ0n) is 14.1. The highest BCUT2D eigenvalue weighted by atomic mass is 16.1. The van der Waals surface area contributed by atoms with Crippen LogP contribution in [0.3, 0.4) is 0 Å². The van der Waals surface area contributed by atoms with Crippen molar-refractivity contribution in [1.82, 2.24) is 25.3 Å². The second-order valence-corrected chi connectivity index (χ2v) is 6.99. The smallest absolute Gasteiger partial charge is 0.271 e. The zero-order chi connectivity index (χ0) is 16.1. The van der Waals surface area contributed by atoms with E-state index in [0.717, 1.165) is 45.1 Å². The maximum Gasteiger partial charge on any atom is 0.271 e. The molecule has 128 valence electrons. The molecule has 1 aromatic heterocycles. The minimum Gasteiger partial charge on any atom is -0.349 e. The number of likely N-dealkylation sites (tertiary alicyclic amines) is 1. The van der Waals surface area contributed by atoms with Gasteiger partial charge in [0.05, 0.1) is 6.04 Å². The van der Waals surface area contributed by atoms with Crippen LogP contribution in [0.15, 0.2) is 12.3 Å². The first kappa shape index (κ1) is 16.5. The van der Waals surface area contributed by atoms with Crippen LogP contribution in [0.4, 0.5) is 0 Å².